The van der Waals surface area contributed by atoms with Gasteiger partial charge in [0.1, 0.15) is 0 Å². The van der Waals surface area contributed by atoms with Crippen LogP contribution < -0.4 is 0 Å². The summed E-state index contributed by atoms with van der Waals surface area (Å²) >= 11 is 0. The third-order valence-electron chi connectivity index (χ3n) is 1.39. The van der Waals surface area contributed by atoms with Crippen molar-refractivity contribution in [2.75, 3.05) is 5.75 Å². The molecule has 0 saturated carbocycles. The van der Waals surface area contributed by atoms with E-state index in [9.17, 15) is 8.42 Å². The molecule has 1 fully saturated rings. The molecule has 0 aromatic carbocycles. The molecular formula is C6H9NO2S. The van der Waals surface area contributed by atoms with Gasteiger partial charge in [0.25, 0.3) is 0 Å². The highest BCUT2D eigenvalue weighted by Crippen LogP contribution is 2.24. The highest BCUT2D eigenvalue weighted by Gasteiger charge is 2.27. The Bertz CT molecular complexity index is 287. The van der Waals surface area contributed by atoms with Crippen LogP contribution in [0.15, 0.2) is 11.0 Å². The second kappa shape index (κ2) is 2.20. The summed E-state index contributed by atoms with van der Waals surface area (Å²) in [5.41, 5.74) is 0.304. The van der Waals surface area contributed by atoms with E-state index in [1.165, 1.54) is 6.08 Å². The van der Waals surface area contributed by atoms with E-state index >= 15 is 0 Å². The molecule has 10 heavy (non-hydrogen) atoms. The van der Waals surface area contributed by atoms with E-state index in [4.69, 9.17) is 5.41 Å². The van der Waals surface area contributed by atoms with Gasteiger partial charge in [-0.3, -0.25) is 0 Å². The quantitative estimate of drug-likeness (QED) is 0.573. The summed E-state index contributed by atoms with van der Waals surface area (Å²) in [7, 11) is -2.90. The highest BCUT2D eigenvalue weighted by molar-refractivity contribution is 7.96. The van der Waals surface area contributed by atoms with Crippen LogP contribution in [0.3, 0.4) is 0 Å². The highest BCUT2D eigenvalue weighted by atomic mass is 32.2. The van der Waals surface area contributed by atoms with Gasteiger partial charge >= 0.3 is 0 Å². The molecule has 1 saturated heterocycles. The Labute approximate surface area is 60.2 Å². The number of allylic oxidation sites excluding steroid dienone is 2. The lowest BCUT2D eigenvalue weighted by molar-refractivity contribution is 0.591. The molecular weight excluding hydrogens is 150 g/mol. The van der Waals surface area contributed by atoms with E-state index in [0.29, 0.717) is 17.0 Å². The van der Waals surface area contributed by atoms with Gasteiger partial charge in [-0.15, -0.1) is 0 Å². The molecule has 4 heteroatoms. The summed E-state index contributed by atoms with van der Waals surface area (Å²) in [6, 6.07) is 0. The van der Waals surface area contributed by atoms with Crippen LogP contribution in [-0.4, -0.2) is 19.9 Å². The predicted octanol–water partition coefficient (Wildman–Crippen LogP) is 0.728. The van der Waals surface area contributed by atoms with Crippen molar-refractivity contribution in [1.29, 1.82) is 5.41 Å². The predicted molar refractivity (Wildman–Crippen MR) is 39.9 cm³/mol. The Morgan fingerprint density at radius 2 is 2.30 bits per heavy atom. The van der Waals surface area contributed by atoms with Crippen LogP contribution >= 0.6 is 0 Å². The number of hydrogen-bond acceptors (Lipinski definition) is 3. The van der Waals surface area contributed by atoms with E-state index in [2.05, 4.69) is 0 Å². The SMILES string of the molecule is CC(=N)/C=C1\CCS1(=O)=O. The zero-order valence-corrected chi connectivity index (χ0v) is 6.53. The van der Waals surface area contributed by atoms with Gasteiger partial charge in [-0.05, 0) is 19.4 Å². The van der Waals surface area contributed by atoms with Crippen LogP contribution in [0.25, 0.3) is 0 Å². The molecule has 1 aliphatic rings. The maximum Gasteiger partial charge on any atom is 0.175 e. The lowest BCUT2D eigenvalue weighted by atomic mass is 10.3. The minimum Gasteiger partial charge on any atom is -0.306 e. The smallest absolute Gasteiger partial charge is 0.175 e. The summed E-state index contributed by atoms with van der Waals surface area (Å²) in [5.74, 6) is 0.256. The van der Waals surface area contributed by atoms with Crippen LogP contribution in [0.2, 0.25) is 0 Å². The summed E-state index contributed by atoms with van der Waals surface area (Å²) in [5, 5.41) is 7.00. The van der Waals surface area contributed by atoms with E-state index in [-0.39, 0.29) is 5.75 Å². The fourth-order valence-electron chi connectivity index (χ4n) is 0.790. The lowest BCUT2D eigenvalue weighted by Crippen LogP contribution is -2.21. The zero-order valence-electron chi connectivity index (χ0n) is 5.72. The third-order valence-corrected chi connectivity index (χ3v) is 3.26. The first-order chi connectivity index (χ1) is 4.52. The van der Waals surface area contributed by atoms with Crippen LogP contribution in [0.4, 0.5) is 0 Å². The molecule has 1 N–H and O–H groups in total. The number of rotatable bonds is 1. The standard InChI is InChI=1S/C6H9NO2S/c1-5(7)4-6-2-3-10(6,8)9/h4,7H,2-3H2,1H3/b6-4+,7-5?. The summed E-state index contributed by atoms with van der Waals surface area (Å²) in [4.78, 5) is 0.417. The van der Waals surface area contributed by atoms with Crippen molar-refractivity contribution in [1.82, 2.24) is 0 Å². The van der Waals surface area contributed by atoms with Crippen molar-refractivity contribution < 1.29 is 8.42 Å². The molecule has 1 rings (SSSR count). The first-order valence-corrected chi connectivity index (χ1v) is 4.66. The average molecular weight is 159 g/mol. The molecule has 0 aromatic rings. The van der Waals surface area contributed by atoms with Gasteiger partial charge in [0, 0.05) is 10.6 Å². The Morgan fingerprint density at radius 1 is 1.70 bits per heavy atom. The van der Waals surface area contributed by atoms with Crippen molar-refractivity contribution >= 4 is 15.5 Å². The molecule has 0 spiro atoms. The summed E-state index contributed by atoms with van der Waals surface area (Å²) < 4.78 is 21.6. The van der Waals surface area contributed by atoms with Gasteiger partial charge in [-0.1, -0.05) is 0 Å². The summed E-state index contributed by atoms with van der Waals surface area (Å²) in [6.45, 7) is 1.57. The van der Waals surface area contributed by atoms with Crippen LogP contribution in [0.5, 0.6) is 0 Å². The second-order valence-corrected chi connectivity index (χ2v) is 4.52. The number of hydrogen-bond donors (Lipinski definition) is 1. The maximum absolute atomic E-state index is 10.8. The minimum atomic E-state index is -2.90. The van der Waals surface area contributed by atoms with Gasteiger partial charge in [0.15, 0.2) is 9.84 Å². The molecule has 1 aliphatic heterocycles. The molecule has 0 atom stereocenters. The van der Waals surface area contributed by atoms with Gasteiger partial charge in [-0.2, -0.15) is 0 Å². The van der Waals surface area contributed by atoms with E-state index in [1.54, 1.807) is 6.92 Å². The Kier molecular flexibility index (Phi) is 1.64. The normalized spacial score (nSPS) is 25.9. The number of nitrogens with one attached hydrogen (secondary N) is 1. The van der Waals surface area contributed by atoms with Crippen molar-refractivity contribution in [2.45, 2.75) is 13.3 Å². The average Bonchev–Trinajstić information content (AvgIpc) is 1.81. The second-order valence-electron chi connectivity index (χ2n) is 2.36. The fraction of sp³-hybridized carbons (Fsp3) is 0.500. The lowest BCUT2D eigenvalue weighted by Gasteiger charge is -2.16. The van der Waals surface area contributed by atoms with Crippen molar-refractivity contribution in [3.8, 4) is 0 Å². The Hall–Kier alpha value is -0.640. The van der Waals surface area contributed by atoms with Gasteiger partial charge < -0.3 is 5.41 Å². The van der Waals surface area contributed by atoms with Crippen LogP contribution in [0, 0.1) is 5.41 Å². The molecule has 0 radical (unpaired) electrons. The monoisotopic (exact) mass is 159 g/mol. The number of sulfone groups is 1. The summed E-state index contributed by atoms with van der Waals surface area (Å²) in [6.07, 6.45) is 2.03. The molecule has 3 nitrogen and oxygen atoms in total. The minimum absolute atomic E-state index is 0.256. The van der Waals surface area contributed by atoms with Gasteiger partial charge in [-0.25, -0.2) is 8.42 Å². The van der Waals surface area contributed by atoms with E-state index in [1.807, 2.05) is 0 Å². The van der Waals surface area contributed by atoms with Crippen molar-refractivity contribution in [3.63, 3.8) is 0 Å². The first-order valence-electron chi connectivity index (χ1n) is 3.01. The topological polar surface area (TPSA) is 58.0 Å². The van der Waals surface area contributed by atoms with Crippen molar-refractivity contribution in [2.24, 2.45) is 0 Å². The fourth-order valence-corrected chi connectivity index (χ4v) is 1.92. The molecule has 1 heterocycles. The Morgan fingerprint density at radius 3 is 2.40 bits per heavy atom. The van der Waals surface area contributed by atoms with Gasteiger partial charge in [0.2, 0.25) is 0 Å². The largest absolute Gasteiger partial charge is 0.306 e. The molecule has 0 aromatic heterocycles. The molecule has 0 bridgehead atoms. The molecule has 56 valence electrons. The molecule has 0 aliphatic carbocycles. The third kappa shape index (κ3) is 1.26. The first kappa shape index (κ1) is 7.47. The zero-order chi connectivity index (χ0) is 7.78. The van der Waals surface area contributed by atoms with E-state index in [0.717, 1.165) is 0 Å². The van der Waals surface area contributed by atoms with Crippen LogP contribution in [0.1, 0.15) is 13.3 Å². The van der Waals surface area contributed by atoms with Crippen LogP contribution in [-0.2, 0) is 9.84 Å². The van der Waals surface area contributed by atoms with Gasteiger partial charge in [0.05, 0.1) is 5.75 Å². The van der Waals surface area contributed by atoms with E-state index < -0.39 is 9.84 Å². The Balaban J connectivity index is 2.88. The maximum atomic E-state index is 10.8. The van der Waals surface area contributed by atoms with Crippen molar-refractivity contribution in [3.05, 3.63) is 11.0 Å². The molecule has 0 amide bonds. The molecule has 0 unspecified atom stereocenters.